The Morgan fingerprint density at radius 3 is 1.68 bits per heavy atom. The van der Waals surface area contributed by atoms with E-state index in [0.29, 0.717) is 5.82 Å². The molecule has 0 N–H and O–H groups in total. The summed E-state index contributed by atoms with van der Waals surface area (Å²) in [4.78, 5) is 10.2. The van der Waals surface area contributed by atoms with Crippen molar-refractivity contribution in [3.63, 3.8) is 0 Å². The van der Waals surface area contributed by atoms with E-state index in [4.69, 9.17) is 14.4 Å². The Morgan fingerprint density at radius 1 is 0.339 bits per heavy atom. The predicted octanol–water partition coefficient (Wildman–Crippen LogP) is 13.9. The van der Waals surface area contributed by atoms with Crippen LogP contribution in [0, 0.1) is 0 Å². The van der Waals surface area contributed by atoms with E-state index in [0.717, 1.165) is 67.1 Å². The third-order valence-corrected chi connectivity index (χ3v) is 11.3. The van der Waals surface area contributed by atoms with Gasteiger partial charge in [-0.3, -0.25) is 0 Å². The molecule has 0 radical (unpaired) electrons. The van der Waals surface area contributed by atoms with E-state index >= 15 is 0 Å². The van der Waals surface area contributed by atoms with Gasteiger partial charge in [0.25, 0.3) is 0 Å². The van der Waals surface area contributed by atoms with Crippen molar-refractivity contribution in [2.24, 2.45) is 0 Å². The minimum absolute atomic E-state index is 0.698. The number of fused-ring (bicyclic) bond motifs is 6. The van der Waals surface area contributed by atoms with Crippen molar-refractivity contribution in [3.8, 4) is 50.7 Å². The lowest BCUT2D eigenvalue weighted by Crippen LogP contribution is -1.96. The highest BCUT2D eigenvalue weighted by Gasteiger charge is 2.21. The van der Waals surface area contributed by atoms with Gasteiger partial charge in [-0.15, -0.1) is 0 Å². The Bertz CT molecular complexity index is 3410. The highest BCUT2D eigenvalue weighted by Crippen LogP contribution is 2.45. The molecule has 9 aromatic carbocycles. The van der Waals surface area contributed by atoms with Gasteiger partial charge in [0.1, 0.15) is 11.2 Å². The second kappa shape index (κ2) is 12.0. The molecule has 4 nitrogen and oxygen atoms in total. The van der Waals surface area contributed by atoms with Gasteiger partial charge in [-0.1, -0.05) is 140 Å². The fourth-order valence-electron chi connectivity index (χ4n) is 8.81. The molecule has 12 rings (SSSR count). The number of nitrogens with zero attached hydrogens (tertiary/aromatic N) is 3. The molecule has 0 saturated heterocycles. The number of para-hydroxylation sites is 1. The van der Waals surface area contributed by atoms with Crippen molar-refractivity contribution < 1.29 is 4.42 Å². The van der Waals surface area contributed by atoms with E-state index in [2.05, 4.69) is 156 Å². The third-order valence-electron chi connectivity index (χ3n) is 11.3. The largest absolute Gasteiger partial charge is 0.456 e. The molecule has 0 amide bonds. The first-order chi connectivity index (χ1) is 27.7. The zero-order valence-electron chi connectivity index (χ0n) is 30.1. The summed E-state index contributed by atoms with van der Waals surface area (Å²) >= 11 is 0. The number of furan rings is 1. The van der Waals surface area contributed by atoms with Crippen molar-refractivity contribution >= 4 is 65.3 Å². The topological polar surface area (TPSA) is 43.9 Å². The molecule has 0 unspecified atom stereocenters. The molecule has 56 heavy (non-hydrogen) atoms. The van der Waals surface area contributed by atoms with Crippen LogP contribution in [0.1, 0.15) is 0 Å². The number of aromatic nitrogens is 3. The van der Waals surface area contributed by atoms with Crippen LogP contribution in [-0.2, 0) is 0 Å². The summed E-state index contributed by atoms with van der Waals surface area (Å²) in [5.74, 6) is 0.698. The standard InChI is InChI=1S/C52H31N3O/c1-3-13-32(14-4-1)44-31-45(33-15-5-2-6-16-33)54-52(53-44)36-18-11-17-34(27-36)35-25-26-47-42(28-35)40-21-9-10-23-46(40)55(47)37-29-43-39-20-8-7-19-38(39)41-22-12-24-48-50(41)51(43)49(30-37)56-48/h1-31H. The molecule has 260 valence electrons. The Hall–Kier alpha value is -7.56. The van der Waals surface area contributed by atoms with Crippen LogP contribution in [0.25, 0.3) is 116 Å². The van der Waals surface area contributed by atoms with E-state index in [1.807, 2.05) is 36.4 Å². The van der Waals surface area contributed by atoms with Crippen molar-refractivity contribution in [1.29, 1.82) is 0 Å². The average molecular weight is 714 g/mol. The molecule has 3 aromatic heterocycles. The fraction of sp³-hybridized carbons (Fsp3) is 0. The highest BCUT2D eigenvalue weighted by molar-refractivity contribution is 6.33. The summed E-state index contributed by atoms with van der Waals surface area (Å²) in [5.41, 5.74) is 12.3. The van der Waals surface area contributed by atoms with Crippen LogP contribution in [0.4, 0.5) is 0 Å². The van der Waals surface area contributed by atoms with E-state index < -0.39 is 0 Å². The zero-order chi connectivity index (χ0) is 36.7. The monoisotopic (exact) mass is 713 g/mol. The second-order valence-corrected chi connectivity index (χ2v) is 14.6. The molecule has 0 aliphatic heterocycles. The fourth-order valence-corrected chi connectivity index (χ4v) is 8.81. The van der Waals surface area contributed by atoms with Crippen LogP contribution in [0.15, 0.2) is 192 Å². The molecule has 12 aromatic rings. The molecule has 0 atom stereocenters. The first-order valence-corrected chi connectivity index (χ1v) is 19.0. The van der Waals surface area contributed by atoms with Crippen molar-refractivity contribution in [3.05, 3.63) is 188 Å². The van der Waals surface area contributed by atoms with Crippen LogP contribution in [0.2, 0.25) is 0 Å². The van der Waals surface area contributed by atoms with E-state index in [9.17, 15) is 0 Å². The Balaban J connectivity index is 1.02. The maximum Gasteiger partial charge on any atom is 0.160 e. The Kier molecular flexibility index (Phi) is 6.60. The van der Waals surface area contributed by atoms with Crippen molar-refractivity contribution in [2.75, 3.05) is 0 Å². The quantitative estimate of drug-likeness (QED) is 0.167. The van der Waals surface area contributed by atoms with Crippen LogP contribution < -0.4 is 0 Å². The lowest BCUT2D eigenvalue weighted by Gasteiger charge is -2.12. The molecule has 0 aliphatic carbocycles. The summed E-state index contributed by atoms with van der Waals surface area (Å²) in [6.07, 6.45) is 0. The van der Waals surface area contributed by atoms with Crippen molar-refractivity contribution in [2.45, 2.75) is 0 Å². The lowest BCUT2D eigenvalue weighted by molar-refractivity contribution is 0.669. The van der Waals surface area contributed by atoms with E-state index in [-0.39, 0.29) is 0 Å². The maximum atomic E-state index is 6.61. The minimum atomic E-state index is 0.698. The first kappa shape index (κ1) is 30.9. The number of rotatable bonds is 5. The predicted molar refractivity (Wildman–Crippen MR) is 232 cm³/mol. The number of benzene rings is 9. The molecule has 0 saturated carbocycles. The Labute approximate surface area is 321 Å². The Morgan fingerprint density at radius 2 is 0.911 bits per heavy atom. The summed E-state index contributed by atoms with van der Waals surface area (Å²) in [5, 5.41) is 9.70. The molecule has 0 bridgehead atoms. The minimum Gasteiger partial charge on any atom is -0.456 e. The van der Waals surface area contributed by atoms with Gasteiger partial charge in [0.05, 0.1) is 28.1 Å². The second-order valence-electron chi connectivity index (χ2n) is 14.6. The first-order valence-electron chi connectivity index (χ1n) is 19.0. The third kappa shape index (κ3) is 4.66. The van der Waals surface area contributed by atoms with Crippen LogP contribution in [0.3, 0.4) is 0 Å². The van der Waals surface area contributed by atoms with Gasteiger partial charge in [-0.25, -0.2) is 9.97 Å². The zero-order valence-corrected chi connectivity index (χ0v) is 30.1. The van der Waals surface area contributed by atoms with Gasteiger partial charge in [-0.2, -0.15) is 0 Å². The average Bonchev–Trinajstić information content (AvgIpc) is 3.82. The smallest absolute Gasteiger partial charge is 0.160 e. The highest BCUT2D eigenvalue weighted by atomic mass is 16.3. The number of hydrogen-bond donors (Lipinski definition) is 0. The van der Waals surface area contributed by atoms with Gasteiger partial charge in [0.15, 0.2) is 5.82 Å². The molecule has 0 spiro atoms. The van der Waals surface area contributed by atoms with E-state index in [1.165, 1.54) is 43.1 Å². The summed E-state index contributed by atoms with van der Waals surface area (Å²) in [6, 6.07) is 66.6. The summed E-state index contributed by atoms with van der Waals surface area (Å²) in [7, 11) is 0. The van der Waals surface area contributed by atoms with Crippen LogP contribution in [-0.4, -0.2) is 14.5 Å². The molecule has 4 heteroatoms. The van der Waals surface area contributed by atoms with Gasteiger partial charge < -0.3 is 8.98 Å². The molecular weight excluding hydrogens is 683 g/mol. The molecule has 0 aliphatic rings. The van der Waals surface area contributed by atoms with Gasteiger partial charge >= 0.3 is 0 Å². The summed E-state index contributed by atoms with van der Waals surface area (Å²) < 4.78 is 9.00. The number of hydrogen-bond acceptors (Lipinski definition) is 3. The normalized spacial score (nSPS) is 11.9. The molecule has 0 fully saturated rings. The molecular formula is C52H31N3O. The van der Waals surface area contributed by atoms with E-state index in [1.54, 1.807) is 0 Å². The van der Waals surface area contributed by atoms with Crippen molar-refractivity contribution in [1.82, 2.24) is 14.5 Å². The van der Waals surface area contributed by atoms with Crippen LogP contribution >= 0.6 is 0 Å². The lowest BCUT2D eigenvalue weighted by atomic mass is 9.94. The molecule has 3 heterocycles. The van der Waals surface area contributed by atoms with Gasteiger partial charge in [0, 0.05) is 44.3 Å². The van der Waals surface area contributed by atoms with Gasteiger partial charge in [-0.05, 0) is 75.1 Å². The van der Waals surface area contributed by atoms with Gasteiger partial charge in [0.2, 0.25) is 0 Å². The summed E-state index contributed by atoms with van der Waals surface area (Å²) in [6.45, 7) is 0. The van der Waals surface area contributed by atoms with Crippen LogP contribution in [0.5, 0.6) is 0 Å². The maximum absolute atomic E-state index is 6.61. The SMILES string of the molecule is c1ccc(-c2cc(-c3ccccc3)nc(-c3cccc(-c4ccc5c(c4)c4ccccc4n5-c4cc5oc6cccc7c8ccccc8c(c4)c5c67)c3)n2)cc1.